The minimum Gasteiger partial charge on any atom is -0.494 e. The minimum absolute atomic E-state index is 0.0195. The number of esters is 1. The minimum atomic E-state index is -0.597. The summed E-state index contributed by atoms with van der Waals surface area (Å²) in [6.45, 7) is 4.47. The molecule has 1 heterocycles. The van der Waals surface area contributed by atoms with Gasteiger partial charge in [0, 0.05) is 6.07 Å². The highest BCUT2D eigenvalue weighted by Crippen LogP contribution is 2.34. The van der Waals surface area contributed by atoms with Crippen LogP contribution in [0.15, 0.2) is 33.3 Å². The molecule has 0 saturated carbocycles. The first-order chi connectivity index (χ1) is 11.1. The third kappa shape index (κ3) is 4.27. The number of nitrogens with zero attached hydrogens (tertiary/aromatic N) is 1. The number of carbonyl (C=O) groups is 1. The second-order valence-corrected chi connectivity index (χ2v) is 6.57. The maximum Gasteiger partial charge on any atom is 0.358 e. The Labute approximate surface area is 142 Å². The van der Waals surface area contributed by atoms with Crippen molar-refractivity contribution in [3.63, 3.8) is 0 Å². The highest BCUT2D eigenvalue weighted by molar-refractivity contribution is 8.04. The SMILES string of the molecule is CCOC(=O)/C(NN)=C(/N)Sc1nc2cc(OCC)ccc2s1. The molecule has 0 spiro atoms. The standard InChI is InChI=1S/C14H18N4O3S2/c1-3-20-8-5-6-10-9(7-8)17-14(22-10)23-12(15)11(18-16)13(19)21-4-2/h5-7,18H,3-4,15-16H2,1-2H3/b12-11+. The smallest absolute Gasteiger partial charge is 0.358 e. The predicted molar refractivity (Wildman–Crippen MR) is 91.8 cm³/mol. The van der Waals surface area contributed by atoms with E-state index in [9.17, 15) is 4.79 Å². The highest BCUT2D eigenvalue weighted by atomic mass is 32.2. The number of nitrogens with one attached hydrogen (secondary N) is 1. The Balaban J connectivity index is 2.24. The lowest BCUT2D eigenvalue weighted by atomic mass is 10.3. The third-order valence-corrected chi connectivity index (χ3v) is 4.74. The van der Waals surface area contributed by atoms with Gasteiger partial charge in [-0.05, 0) is 37.7 Å². The average Bonchev–Trinajstić information content (AvgIpc) is 2.90. The molecule has 0 aliphatic rings. The van der Waals surface area contributed by atoms with Gasteiger partial charge in [0.05, 0.1) is 23.4 Å². The molecule has 9 heteroatoms. The number of thioether (sulfide) groups is 1. The third-order valence-electron chi connectivity index (χ3n) is 2.72. The van der Waals surface area contributed by atoms with Crippen LogP contribution in [-0.2, 0) is 9.53 Å². The zero-order valence-corrected chi connectivity index (χ0v) is 14.4. The van der Waals surface area contributed by atoms with Crippen LogP contribution in [0.4, 0.5) is 0 Å². The molecule has 0 saturated heterocycles. The van der Waals surface area contributed by atoms with Gasteiger partial charge < -0.3 is 20.6 Å². The summed E-state index contributed by atoms with van der Waals surface area (Å²) in [4.78, 5) is 16.2. The molecule has 0 atom stereocenters. The van der Waals surface area contributed by atoms with E-state index in [-0.39, 0.29) is 17.3 Å². The number of hydrogen-bond acceptors (Lipinski definition) is 9. The highest BCUT2D eigenvalue weighted by Gasteiger charge is 2.16. The van der Waals surface area contributed by atoms with Gasteiger partial charge in [-0.15, -0.1) is 11.3 Å². The van der Waals surface area contributed by atoms with Gasteiger partial charge in [0.15, 0.2) is 10.0 Å². The van der Waals surface area contributed by atoms with Gasteiger partial charge in [-0.3, -0.25) is 5.84 Å². The lowest BCUT2D eigenvalue weighted by Gasteiger charge is -2.08. The Kier molecular flexibility index (Phi) is 6.08. The van der Waals surface area contributed by atoms with Crippen LogP contribution >= 0.6 is 23.1 Å². The molecule has 1 aromatic carbocycles. The Hall–Kier alpha value is -1.97. The second-order valence-electron chi connectivity index (χ2n) is 4.25. The molecule has 23 heavy (non-hydrogen) atoms. The molecular weight excluding hydrogens is 336 g/mol. The number of carbonyl (C=O) groups excluding carboxylic acids is 1. The van der Waals surface area contributed by atoms with Gasteiger partial charge in [-0.1, -0.05) is 0 Å². The number of nitrogens with two attached hydrogens (primary N) is 2. The summed E-state index contributed by atoms with van der Waals surface area (Å²) in [5.74, 6) is 5.52. The maximum atomic E-state index is 11.7. The van der Waals surface area contributed by atoms with E-state index in [1.165, 1.54) is 11.3 Å². The normalized spacial score (nSPS) is 12.0. The number of hydrogen-bond donors (Lipinski definition) is 3. The van der Waals surface area contributed by atoms with Crippen molar-refractivity contribution in [1.29, 1.82) is 0 Å². The van der Waals surface area contributed by atoms with E-state index in [0.717, 1.165) is 27.7 Å². The first-order valence-corrected chi connectivity index (χ1v) is 8.57. The zero-order chi connectivity index (χ0) is 16.8. The Bertz CT molecular complexity index is 730. The molecule has 124 valence electrons. The van der Waals surface area contributed by atoms with Crippen molar-refractivity contribution in [3.05, 3.63) is 28.9 Å². The van der Waals surface area contributed by atoms with E-state index >= 15 is 0 Å². The molecular formula is C14H18N4O3S2. The summed E-state index contributed by atoms with van der Waals surface area (Å²) in [6.07, 6.45) is 0. The Morgan fingerprint density at radius 3 is 2.83 bits per heavy atom. The molecule has 5 N–H and O–H groups in total. The van der Waals surface area contributed by atoms with Crippen LogP contribution in [-0.4, -0.2) is 24.2 Å². The summed E-state index contributed by atoms with van der Waals surface area (Å²) >= 11 is 2.62. The average molecular weight is 354 g/mol. The van der Waals surface area contributed by atoms with Crippen molar-refractivity contribution >= 4 is 39.3 Å². The van der Waals surface area contributed by atoms with Gasteiger partial charge in [-0.25, -0.2) is 9.78 Å². The van der Waals surface area contributed by atoms with Crippen LogP contribution in [0.5, 0.6) is 5.75 Å². The number of rotatable bonds is 7. The van der Waals surface area contributed by atoms with Gasteiger partial charge >= 0.3 is 5.97 Å². The zero-order valence-electron chi connectivity index (χ0n) is 12.8. The number of thiazole rings is 1. The number of fused-ring (bicyclic) bond motifs is 1. The Morgan fingerprint density at radius 2 is 2.17 bits per heavy atom. The number of aromatic nitrogens is 1. The predicted octanol–water partition coefficient (Wildman–Crippen LogP) is 1.94. The fraction of sp³-hybridized carbons (Fsp3) is 0.286. The fourth-order valence-corrected chi connectivity index (χ4v) is 3.72. The monoisotopic (exact) mass is 354 g/mol. The molecule has 0 amide bonds. The van der Waals surface area contributed by atoms with Crippen LogP contribution in [0.1, 0.15) is 13.8 Å². The van der Waals surface area contributed by atoms with Crippen LogP contribution in [0.2, 0.25) is 0 Å². The second kappa shape index (κ2) is 8.04. The Morgan fingerprint density at radius 1 is 1.39 bits per heavy atom. The molecule has 0 aliphatic carbocycles. The summed E-state index contributed by atoms with van der Waals surface area (Å²) in [5.41, 5.74) is 9.05. The van der Waals surface area contributed by atoms with E-state index < -0.39 is 5.97 Å². The van der Waals surface area contributed by atoms with E-state index in [0.29, 0.717) is 10.9 Å². The number of ether oxygens (including phenoxy) is 2. The van der Waals surface area contributed by atoms with Gasteiger partial charge in [0.2, 0.25) is 0 Å². The topological polar surface area (TPSA) is 112 Å². The van der Waals surface area contributed by atoms with E-state index in [2.05, 4.69) is 10.4 Å². The quantitative estimate of drug-likeness (QED) is 0.227. The van der Waals surface area contributed by atoms with Gasteiger partial charge in [-0.2, -0.15) is 0 Å². The van der Waals surface area contributed by atoms with E-state index in [4.69, 9.17) is 21.1 Å². The molecule has 0 fully saturated rings. The molecule has 0 radical (unpaired) electrons. The molecule has 2 rings (SSSR count). The van der Waals surface area contributed by atoms with Crippen molar-refractivity contribution in [2.45, 2.75) is 18.2 Å². The summed E-state index contributed by atoms with van der Waals surface area (Å²) in [6, 6.07) is 5.70. The molecule has 0 aliphatic heterocycles. The van der Waals surface area contributed by atoms with Crippen molar-refractivity contribution in [2.75, 3.05) is 13.2 Å². The molecule has 0 unspecified atom stereocenters. The van der Waals surface area contributed by atoms with E-state index in [1.807, 2.05) is 25.1 Å². The molecule has 0 bridgehead atoms. The summed E-state index contributed by atoms with van der Waals surface area (Å²) < 4.78 is 12.0. The van der Waals surface area contributed by atoms with Crippen LogP contribution in [0, 0.1) is 0 Å². The first kappa shape index (κ1) is 17.4. The maximum absolute atomic E-state index is 11.7. The lowest BCUT2D eigenvalue weighted by molar-refractivity contribution is -0.139. The van der Waals surface area contributed by atoms with Crippen LogP contribution in [0.25, 0.3) is 10.2 Å². The summed E-state index contributed by atoms with van der Waals surface area (Å²) in [5, 5.41) is 0.204. The lowest BCUT2D eigenvalue weighted by Crippen LogP contribution is -2.30. The number of hydrazine groups is 1. The van der Waals surface area contributed by atoms with Crippen molar-refractivity contribution < 1.29 is 14.3 Å². The van der Waals surface area contributed by atoms with Crippen molar-refractivity contribution in [1.82, 2.24) is 10.4 Å². The van der Waals surface area contributed by atoms with Crippen LogP contribution < -0.4 is 21.7 Å². The van der Waals surface area contributed by atoms with Crippen LogP contribution in [0.3, 0.4) is 0 Å². The fourth-order valence-electron chi connectivity index (χ4n) is 1.77. The molecule has 2 aromatic rings. The first-order valence-electron chi connectivity index (χ1n) is 6.93. The molecule has 1 aromatic heterocycles. The number of benzene rings is 1. The van der Waals surface area contributed by atoms with Gasteiger partial charge in [0.25, 0.3) is 0 Å². The largest absolute Gasteiger partial charge is 0.494 e. The molecule has 7 nitrogen and oxygen atoms in total. The van der Waals surface area contributed by atoms with Gasteiger partial charge in [0.1, 0.15) is 10.8 Å². The van der Waals surface area contributed by atoms with E-state index in [1.54, 1.807) is 6.92 Å². The summed E-state index contributed by atoms with van der Waals surface area (Å²) in [7, 11) is 0. The van der Waals surface area contributed by atoms with Crippen molar-refractivity contribution in [3.8, 4) is 5.75 Å². The van der Waals surface area contributed by atoms with Crippen molar-refractivity contribution in [2.24, 2.45) is 11.6 Å².